The standard InChI is InChI=1S/C9H15NO/c1-2-4-8(7-11)9-5-3-6-10-9/h3,5-6,8,10-11H,2,4,7H2,1H3. The Morgan fingerprint density at radius 1 is 1.64 bits per heavy atom. The van der Waals surface area contributed by atoms with Gasteiger partial charge in [0.15, 0.2) is 0 Å². The van der Waals surface area contributed by atoms with E-state index in [1.807, 2.05) is 18.3 Å². The molecule has 1 aromatic rings. The van der Waals surface area contributed by atoms with Gasteiger partial charge in [-0.3, -0.25) is 0 Å². The van der Waals surface area contributed by atoms with Crippen molar-refractivity contribution >= 4 is 0 Å². The Labute approximate surface area is 67.3 Å². The Balaban J connectivity index is 2.56. The quantitative estimate of drug-likeness (QED) is 0.680. The summed E-state index contributed by atoms with van der Waals surface area (Å²) in [7, 11) is 0. The second-order valence-electron chi connectivity index (χ2n) is 2.79. The maximum atomic E-state index is 9.01. The van der Waals surface area contributed by atoms with E-state index in [1.165, 1.54) is 0 Å². The molecule has 0 aromatic carbocycles. The van der Waals surface area contributed by atoms with E-state index in [2.05, 4.69) is 11.9 Å². The van der Waals surface area contributed by atoms with Crippen LogP contribution in [0.5, 0.6) is 0 Å². The number of H-pyrrole nitrogens is 1. The zero-order chi connectivity index (χ0) is 8.10. The van der Waals surface area contributed by atoms with Crippen molar-refractivity contribution in [3.05, 3.63) is 24.0 Å². The predicted molar refractivity (Wildman–Crippen MR) is 45.5 cm³/mol. The Morgan fingerprint density at radius 2 is 2.45 bits per heavy atom. The number of hydrogen-bond donors (Lipinski definition) is 2. The van der Waals surface area contributed by atoms with Gasteiger partial charge in [0.1, 0.15) is 0 Å². The van der Waals surface area contributed by atoms with E-state index < -0.39 is 0 Å². The molecule has 0 spiro atoms. The molecule has 0 radical (unpaired) electrons. The molecular weight excluding hydrogens is 138 g/mol. The third kappa shape index (κ3) is 2.09. The molecule has 0 aliphatic carbocycles. The van der Waals surface area contributed by atoms with Crippen molar-refractivity contribution in [1.82, 2.24) is 4.98 Å². The molecule has 1 aromatic heterocycles. The molecule has 1 atom stereocenters. The number of aliphatic hydroxyl groups excluding tert-OH is 1. The maximum absolute atomic E-state index is 9.01. The number of aromatic amines is 1. The lowest BCUT2D eigenvalue weighted by atomic mass is 10.0. The molecule has 0 saturated carbocycles. The van der Waals surface area contributed by atoms with E-state index in [9.17, 15) is 0 Å². The van der Waals surface area contributed by atoms with Crippen LogP contribution in [-0.4, -0.2) is 16.7 Å². The van der Waals surface area contributed by atoms with Crippen LogP contribution < -0.4 is 0 Å². The average Bonchev–Trinajstić information content (AvgIpc) is 2.52. The van der Waals surface area contributed by atoms with Gasteiger partial charge in [-0.05, 0) is 18.6 Å². The van der Waals surface area contributed by atoms with Crippen molar-refractivity contribution < 1.29 is 5.11 Å². The van der Waals surface area contributed by atoms with E-state index in [0.29, 0.717) is 5.92 Å². The smallest absolute Gasteiger partial charge is 0.0514 e. The summed E-state index contributed by atoms with van der Waals surface area (Å²) >= 11 is 0. The van der Waals surface area contributed by atoms with Crippen molar-refractivity contribution in [3.63, 3.8) is 0 Å². The van der Waals surface area contributed by atoms with Crippen molar-refractivity contribution in [3.8, 4) is 0 Å². The van der Waals surface area contributed by atoms with E-state index in [0.717, 1.165) is 18.5 Å². The molecule has 0 saturated heterocycles. The molecule has 0 bridgehead atoms. The molecule has 1 unspecified atom stereocenters. The molecule has 2 heteroatoms. The zero-order valence-corrected chi connectivity index (χ0v) is 6.88. The van der Waals surface area contributed by atoms with Gasteiger partial charge in [-0.2, -0.15) is 0 Å². The summed E-state index contributed by atoms with van der Waals surface area (Å²) in [6.07, 6.45) is 4.06. The van der Waals surface area contributed by atoms with Crippen LogP contribution in [0.2, 0.25) is 0 Å². The Hall–Kier alpha value is -0.760. The van der Waals surface area contributed by atoms with Gasteiger partial charge < -0.3 is 10.1 Å². The third-order valence-electron chi connectivity index (χ3n) is 1.92. The highest BCUT2D eigenvalue weighted by Crippen LogP contribution is 2.17. The largest absolute Gasteiger partial charge is 0.396 e. The number of aromatic nitrogens is 1. The second-order valence-corrected chi connectivity index (χ2v) is 2.79. The minimum absolute atomic E-state index is 0.244. The van der Waals surface area contributed by atoms with Gasteiger partial charge in [-0.15, -0.1) is 0 Å². The van der Waals surface area contributed by atoms with Crippen molar-refractivity contribution in [2.24, 2.45) is 0 Å². The SMILES string of the molecule is CCCC(CO)c1ccc[nH]1. The first-order valence-corrected chi connectivity index (χ1v) is 4.12. The van der Waals surface area contributed by atoms with Gasteiger partial charge in [-0.25, -0.2) is 0 Å². The molecule has 0 amide bonds. The minimum atomic E-state index is 0.244. The van der Waals surface area contributed by atoms with E-state index in [4.69, 9.17) is 5.11 Å². The van der Waals surface area contributed by atoms with Gasteiger partial charge in [0.2, 0.25) is 0 Å². The monoisotopic (exact) mass is 153 g/mol. The lowest BCUT2D eigenvalue weighted by molar-refractivity contribution is 0.256. The summed E-state index contributed by atoms with van der Waals surface area (Å²) < 4.78 is 0. The lowest BCUT2D eigenvalue weighted by Crippen LogP contribution is -2.03. The van der Waals surface area contributed by atoms with Gasteiger partial charge in [0, 0.05) is 17.8 Å². The van der Waals surface area contributed by atoms with Gasteiger partial charge >= 0.3 is 0 Å². The number of rotatable bonds is 4. The first-order chi connectivity index (χ1) is 5.38. The molecule has 62 valence electrons. The summed E-state index contributed by atoms with van der Waals surface area (Å²) in [5.74, 6) is 0.301. The highest BCUT2D eigenvalue weighted by Gasteiger charge is 2.08. The van der Waals surface area contributed by atoms with E-state index >= 15 is 0 Å². The van der Waals surface area contributed by atoms with Crippen LogP contribution in [0.15, 0.2) is 18.3 Å². The summed E-state index contributed by atoms with van der Waals surface area (Å²) in [5.41, 5.74) is 1.15. The van der Waals surface area contributed by atoms with Crippen LogP contribution in [0.1, 0.15) is 31.4 Å². The molecular formula is C9H15NO. The van der Waals surface area contributed by atoms with Crippen LogP contribution >= 0.6 is 0 Å². The molecule has 11 heavy (non-hydrogen) atoms. The Morgan fingerprint density at radius 3 is 2.91 bits per heavy atom. The van der Waals surface area contributed by atoms with Crippen LogP contribution in [0.3, 0.4) is 0 Å². The fraction of sp³-hybridized carbons (Fsp3) is 0.556. The number of nitrogens with one attached hydrogen (secondary N) is 1. The average molecular weight is 153 g/mol. The van der Waals surface area contributed by atoms with Crippen LogP contribution in [0.4, 0.5) is 0 Å². The van der Waals surface area contributed by atoms with E-state index in [1.54, 1.807) is 0 Å². The van der Waals surface area contributed by atoms with Gasteiger partial charge in [-0.1, -0.05) is 13.3 Å². The fourth-order valence-corrected chi connectivity index (χ4v) is 1.29. The molecule has 0 aliphatic heterocycles. The molecule has 2 nitrogen and oxygen atoms in total. The lowest BCUT2D eigenvalue weighted by Gasteiger charge is -2.09. The molecule has 2 N–H and O–H groups in total. The molecule has 1 heterocycles. The second kappa shape index (κ2) is 4.19. The molecule has 0 aliphatic rings. The van der Waals surface area contributed by atoms with Crippen molar-refractivity contribution in [1.29, 1.82) is 0 Å². The first-order valence-electron chi connectivity index (χ1n) is 4.12. The normalized spacial score (nSPS) is 13.3. The first kappa shape index (κ1) is 8.34. The van der Waals surface area contributed by atoms with E-state index in [-0.39, 0.29) is 6.61 Å². The highest BCUT2D eigenvalue weighted by molar-refractivity contribution is 5.09. The topological polar surface area (TPSA) is 36.0 Å². The Bertz CT molecular complexity index is 181. The van der Waals surface area contributed by atoms with Crippen molar-refractivity contribution in [2.75, 3.05) is 6.61 Å². The summed E-state index contributed by atoms with van der Waals surface area (Å²) in [6.45, 7) is 2.37. The van der Waals surface area contributed by atoms with Crippen LogP contribution in [0, 0.1) is 0 Å². The Kier molecular flexibility index (Phi) is 3.17. The van der Waals surface area contributed by atoms with Crippen LogP contribution in [0.25, 0.3) is 0 Å². The fourth-order valence-electron chi connectivity index (χ4n) is 1.29. The number of aliphatic hydroxyl groups is 1. The summed E-state index contributed by atoms with van der Waals surface area (Å²) in [5, 5.41) is 9.01. The van der Waals surface area contributed by atoms with Crippen LogP contribution in [-0.2, 0) is 0 Å². The summed E-state index contributed by atoms with van der Waals surface area (Å²) in [4.78, 5) is 3.11. The number of hydrogen-bond acceptors (Lipinski definition) is 1. The summed E-state index contributed by atoms with van der Waals surface area (Å²) in [6, 6.07) is 3.99. The highest BCUT2D eigenvalue weighted by atomic mass is 16.3. The molecule has 0 fully saturated rings. The molecule has 1 rings (SSSR count). The third-order valence-corrected chi connectivity index (χ3v) is 1.92. The minimum Gasteiger partial charge on any atom is -0.396 e. The van der Waals surface area contributed by atoms with Gasteiger partial charge in [0.25, 0.3) is 0 Å². The zero-order valence-electron chi connectivity index (χ0n) is 6.88. The van der Waals surface area contributed by atoms with Gasteiger partial charge in [0.05, 0.1) is 6.61 Å². The maximum Gasteiger partial charge on any atom is 0.0514 e. The predicted octanol–water partition coefficient (Wildman–Crippen LogP) is 1.89. The van der Waals surface area contributed by atoms with Crippen molar-refractivity contribution in [2.45, 2.75) is 25.7 Å².